The fourth-order valence-electron chi connectivity index (χ4n) is 5.24. The van der Waals surface area contributed by atoms with Crippen LogP contribution in [0, 0.1) is 0 Å². The van der Waals surface area contributed by atoms with Crippen LogP contribution < -0.4 is 30.2 Å². The lowest BCUT2D eigenvalue weighted by Gasteiger charge is -2.25. The van der Waals surface area contributed by atoms with E-state index in [0.717, 1.165) is 11.1 Å². The predicted octanol–water partition coefficient (Wildman–Crippen LogP) is 4.38. The number of nitrogens with one attached hydrogen (secondary N) is 3. The Morgan fingerprint density at radius 1 is 1.04 bits per heavy atom. The van der Waals surface area contributed by atoms with Gasteiger partial charge in [0.15, 0.2) is 11.5 Å². The average molecular weight is 661 g/mol. The second kappa shape index (κ2) is 15.9. The van der Waals surface area contributed by atoms with Crippen LogP contribution in [0.15, 0.2) is 79.1 Å². The summed E-state index contributed by atoms with van der Waals surface area (Å²) in [5.74, 6) is 1.31. The van der Waals surface area contributed by atoms with E-state index >= 15 is 0 Å². The van der Waals surface area contributed by atoms with Crippen LogP contribution in [0.25, 0.3) is 11.4 Å². The molecule has 12 nitrogen and oxygen atoms in total. The molecule has 2 heterocycles. The smallest absolute Gasteiger partial charge is 0.322 e. The number of amides is 4. The third kappa shape index (κ3) is 8.73. The van der Waals surface area contributed by atoms with Gasteiger partial charge in [-0.1, -0.05) is 41.9 Å². The summed E-state index contributed by atoms with van der Waals surface area (Å²) >= 11 is 6.18. The number of ether oxygens (including phenoxy) is 3. The van der Waals surface area contributed by atoms with E-state index in [4.69, 9.17) is 25.8 Å². The Morgan fingerprint density at radius 2 is 1.83 bits per heavy atom. The van der Waals surface area contributed by atoms with Crippen molar-refractivity contribution in [3.63, 3.8) is 0 Å². The second-order valence-electron chi connectivity index (χ2n) is 10.8. The lowest BCUT2D eigenvalue weighted by Crippen LogP contribution is -2.52. The first-order chi connectivity index (χ1) is 22.8. The van der Waals surface area contributed by atoms with Gasteiger partial charge in [0.05, 0.1) is 26.5 Å². The fourth-order valence-corrected chi connectivity index (χ4v) is 5.41. The molecule has 2 bridgehead atoms. The summed E-state index contributed by atoms with van der Waals surface area (Å²) in [6, 6.07) is 18.4. The number of rotatable bonds is 5. The Bertz CT molecular complexity index is 1700. The van der Waals surface area contributed by atoms with Gasteiger partial charge in [-0.05, 0) is 48.4 Å². The van der Waals surface area contributed by atoms with E-state index in [9.17, 15) is 14.4 Å². The van der Waals surface area contributed by atoms with E-state index in [2.05, 4.69) is 20.9 Å². The molecule has 0 saturated heterocycles. The topological polar surface area (TPSA) is 136 Å². The first kappa shape index (κ1) is 33.1. The molecule has 4 amide bonds. The number of anilines is 1. The second-order valence-corrected chi connectivity index (χ2v) is 11.2. The molecule has 4 aromatic rings. The van der Waals surface area contributed by atoms with Gasteiger partial charge in [0, 0.05) is 49.0 Å². The summed E-state index contributed by atoms with van der Waals surface area (Å²) in [5.41, 5.74) is 2.04. The molecule has 5 rings (SSSR count). The summed E-state index contributed by atoms with van der Waals surface area (Å²) in [7, 11) is 3.04. The van der Waals surface area contributed by atoms with Crippen LogP contribution in [-0.4, -0.2) is 78.8 Å². The molecule has 0 spiro atoms. The zero-order valence-corrected chi connectivity index (χ0v) is 27.0. The highest BCUT2D eigenvalue weighted by molar-refractivity contribution is 6.31. The number of methoxy groups -OCH3 is 2. The summed E-state index contributed by atoms with van der Waals surface area (Å²) in [6.07, 6.45) is 4.18. The first-order valence-corrected chi connectivity index (χ1v) is 15.5. The summed E-state index contributed by atoms with van der Waals surface area (Å²) < 4.78 is 18.9. The number of hydrogen-bond acceptors (Lipinski definition) is 7. The molecule has 0 unspecified atom stereocenters. The molecule has 246 valence electrons. The molecule has 1 aliphatic heterocycles. The number of halogens is 1. The van der Waals surface area contributed by atoms with Gasteiger partial charge in [-0.3, -0.25) is 9.59 Å². The minimum atomic E-state index is -0.878. The number of urea groups is 1. The van der Waals surface area contributed by atoms with Crippen molar-refractivity contribution < 1.29 is 28.6 Å². The molecule has 0 fully saturated rings. The zero-order valence-electron chi connectivity index (χ0n) is 26.2. The molecule has 1 aromatic heterocycles. The minimum Gasteiger partial charge on any atom is -0.495 e. The summed E-state index contributed by atoms with van der Waals surface area (Å²) in [6.45, 7) is 0.794. The number of carbonyl (C=O) groups is 3. The van der Waals surface area contributed by atoms with E-state index in [0.29, 0.717) is 53.3 Å². The quantitative estimate of drug-likeness (QED) is 0.289. The highest BCUT2D eigenvalue weighted by Crippen LogP contribution is 2.32. The Hall–Kier alpha value is -5.23. The molecule has 3 N–H and O–H groups in total. The van der Waals surface area contributed by atoms with Crippen LogP contribution in [0.4, 0.5) is 10.5 Å². The molecule has 0 aliphatic carbocycles. The number of benzene rings is 3. The van der Waals surface area contributed by atoms with Gasteiger partial charge in [-0.25, -0.2) is 9.78 Å². The molecule has 1 atom stereocenters. The zero-order chi connectivity index (χ0) is 33.2. The van der Waals surface area contributed by atoms with Gasteiger partial charge in [-0.2, -0.15) is 0 Å². The average Bonchev–Trinajstić information content (AvgIpc) is 3.54. The Balaban J connectivity index is 1.43. The van der Waals surface area contributed by atoms with Crippen molar-refractivity contribution in [3.05, 3.63) is 89.7 Å². The highest BCUT2D eigenvalue weighted by Gasteiger charge is 2.25. The monoisotopic (exact) mass is 660 g/mol. The lowest BCUT2D eigenvalue weighted by atomic mass is 10.1. The maximum Gasteiger partial charge on any atom is 0.322 e. The molecule has 47 heavy (non-hydrogen) atoms. The standard InChI is InChI=1S/C34H37ClN6O6/c1-45-28-12-10-25(35)21-26(28)39-34(44)41-15-6-18-47-30-20-24(9-11-29(30)46-2)32-36-13-16-40(32)17-14-37-33(43)27(38-31(42)22-41)19-23-7-4-3-5-8-23/h3-5,7-13,16,20-21,27H,6,14-15,17-19,22H2,1-2H3,(H,37,43)(H,38,42)(H,39,44)/t27-/m0/s1. The summed E-state index contributed by atoms with van der Waals surface area (Å²) in [5, 5.41) is 9.00. The Kier molecular flexibility index (Phi) is 11.2. The van der Waals surface area contributed by atoms with Gasteiger partial charge in [0.1, 0.15) is 24.2 Å². The molecule has 1 aliphatic rings. The molecule has 13 heteroatoms. The van der Waals surface area contributed by atoms with Crippen molar-refractivity contribution in [2.24, 2.45) is 0 Å². The number of hydrogen-bond donors (Lipinski definition) is 3. The largest absolute Gasteiger partial charge is 0.495 e. The van der Waals surface area contributed by atoms with E-state index < -0.39 is 18.0 Å². The van der Waals surface area contributed by atoms with E-state index in [1.807, 2.05) is 53.2 Å². The normalized spacial score (nSPS) is 16.0. The van der Waals surface area contributed by atoms with Crippen LogP contribution in [0.2, 0.25) is 5.02 Å². The van der Waals surface area contributed by atoms with Crippen molar-refractivity contribution in [2.75, 3.05) is 45.8 Å². The van der Waals surface area contributed by atoms with Gasteiger partial charge in [0.25, 0.3) is 0 Å². The molecule has 0 saturated carbocycles. The van der Waals surface area contributed by atoms with Crippen LogP contribution in [0.5, 0.6) is 17.2 Å². The van der Waals surface area contributed by atoms with E-state index in [1.54, 1.807) is 37.6 Å². The van der Waals surface area contributed by atoms with Crippen molar-refractivity contribution in [1.82, 2.24) is 25.1 Å². The third-order valence-corrected chi connectivity index (χ3v) is 7.81. The van der Waals surface area contributed by atoms with E-state index in [1.165, 1.54) is 12.0 Å². The van der Waals surface area contributed by atoms with E-state index in [-0.39, 0.29) is 32.0 Å². The van der Waals surface area contributed by atoms with Crippen LogP contribution in [-0.2, 0) is 22.6 Å². The predicted molar refractivity (Wildman–Crippen MR) is 178 cm³/mol. The van der Waals surface area contributed by atoms with Crippen LogP contribution in [0.1, 0.15) is 12.0 Å². The summed E-state index contributed by atoms with van der Waals surface area (Å²) in [4.78, 5) is 46.4. The number of nitrogens with zero attached hydrogens (tertiary/aromatic N) is 3. The van der Waals surface area contributed by atoms with Crippen molar-refractivity contribution in [2.45, 2.75) is 25.4 Å². The van der Waals surface area contributed by atoms with Crippen molar-refractivity contribution in [1.29, 1.82) is 0 Å². The number of carbonyl (C=O) groups excluding carboxylic acids is 3. The van der Waals surface area contributed by atoms with Gasteiger partial charge < -0.3 is 39.6 Å². The van der Waals surface area contributed by atoms with Gasteiger partial charge in [-0.15, -0.1) is 0 Å². The Morgan fingerprint density at radius 3 is 2.62 bits per heavy atom. The maximum atomic E-state index is 13.6. The molecular weight excluding hydrogens is 624 g/mol. The SMILES string of the molecule is COc1ccc(Cl)cc1NC(=O)N1CCCOc2cc(ccc2OC)-c2nccn2CCNC(=O)[C@H](Cc2ccccc2)NC(=O)C1. The number of aromatic nitrogens is 2. The third-order valence-electron chi connectivity index (χ3n) is 7.58. The first-order valence-electron chi connectivity index (χ1n) is 15.2. The van der Waals surface area contributed by atoms with Gasteiger partial charge in [0.2, 0.25) is 11.8 Å². The van der Waals surface area contributed by atoms with Crippen molar-refractivity contribution >= 4 is 35.1 Å². The molecule has 0 radical (unpaired) electrons. The van der Waals surface area contributed by atoms with Crippen LogP contribution in [0.3, 0.4) is 0 Å². The molecular formula is C34H37ClN6O6. The maximum absolute atomic E-state index is 13.6. The van der Waals surface area contributed by atoms with Crippen molar-refractivity contribution in [3.8, 4) is 28.6 Å². The minimum absolute atomic E-state index is 0.157. The Labute approximate surface area is 278 Å². The number of imidazole rings is 1. The molecule has 3 aromatic carbocycles. The fraction of sp³-hybridized carbons (Fsp3) is 0.294. The lowest BCUT2D eigenvalue weighted by molar-refractivity contribution is -0.129. The number of fused-ring (bicyclic) bond motifs is 4. The van der Waals surface area contributed by atoms with Gasteiger partial charge >= 0.3 is 6.03 Å². The highest BCUT2D eigenvalue weighted by atomic mass is 35.5. The van der Waals surface area contributed by atoms with Crippen LogP contribution >= 0.6 is 11.6 Å².